The summed E-state index contributed by atoms with van der Waals surface area (Å²) in [6.45, 7) is 2.52. The minimum Gasteiger partial charge on any atom is -0.481 e. The third-order valence-corrected chi connectivity index (χ3v) is 4.40. The zero-order valence-corrected chi connectivity index (χ0v) is 13.0. The van der Waals surface area contributed by atoms with Gasteiger partial charge in [-0.1, -0.05) is 22.9 Å². The average Bonchev–Trinajstić information content (AvgIpc) is 3.00. The Balaban J connectivity index is 1.86. The first kappa shape index (κ1) is 14.1. The van der Waals surface area contributed by atoms with Gasteiger partial charge < -0.3 is 14.4 Å². The van der Waals surface area contributed by atoms with Gasteiger partial charge in [0.2, 0.25) is 0 Å². The van der Waals surface area contributed by atoms with E-state index < -0.39 is 11.9 Å². The number of likely N-dealkylation sites (tertiary alicyclic amines) is 1. The summed E-state index contributed by atoms with van der Waals surface area (Å²) < 4.78 is 6.48. The topological polar surface area (TPSA) is 70.8 Å². The van der Waals surface area contributed by atoms with Crippen molar-refractivity contribution in [3.63, 3.8) is 0 Å². The van der Waals surface area contributed by atoms with Gasteiger partial charge in [0.15, 0.2) is 5.76 Å². The van der Waals surface area contributed by atoms with E-state index in [0.29, 0.717) is 12.1 Å². The molecule has 6 heteroatoms. The first-order valence-electron chi connectivity index (χ1n) is 6.67. The van der Waals surface area contributed by atoms with Crippen LogP contribution in [0.15, 0.2) is 33.2 Å². The molecule has 1 N–H and O–H groups in total. The molecular weight excluding hydrogens is 338 g/mol. The molecule has 0 saturated carbocycles. The number of rotatable bonds is 2. The first-order chi connectivity index (χ1) is 9.95. The minimum absolute atomic E-state index is 0.0510. The summed E-state index contributed by atoms with van der Waals surface area (Å²) in [6, 6.07) is 7.21. The van der Waals surface area contributed by atoms with Crippen LogP contribution >= 0.6 is 15.9 Å². The normalized spacial score (nSPS) is 21.9. The van der Waals surface area contributed by atoms with Crippen molar-refractivity contribution in [3.05, 3.63) is 34.5 Å². The molecule has 1 fully saturated rings. The molecule has 21 heavy (non-hydrogen) atoms. The summed E-state index contributed by atoms with van der Waals surface area (Å²) in [6.07, 6.45) is 0. The molecule has 1 aliphatic heterocycles. The third kappa shape index (κ3) is 2.55. The Morgan fingerprint density at radius 1 is 1.33 bits per heavy atom. The fraction of sp³-hybridized carbons (Fsp3) is 0.333. The molecule has 3 rings (SSSR count). The molecule has 1 aromatic heterocycles. The van der Waals surface area contributed by atoms with Gasteiger partial charge >= 0.3 is 5.97 Å². The summed E-state index contributed by atoms with van der Waals surface area (Å²) in [7, 11) is 0. The number of carboxylic acids is 1. The summed E-state index contributed by atoms with van der Waals surface area (Å²) in [5.74, 6) is -1.41. The molecule has 0 radical (unpaired) electrons. The number of hydrogen-bond donors (Lipinski definition) is 1. The molecule has 0 aliphatic carbocycles. The van der Waals surface area contributed by atoms with E-state index in [0.717, 1.165) is 9.86 Å². The lowest BCUT2D eigenvalue weighted by Gasteiger charge is -2.13. The SMILES string of the molecule is C[C@@H]1CN(C(=O)c2cc3cc(Br)ccc3o2)C[C@H]1C(=O)O. The summed E-state index contributed by atoms with van der Waals surface area (Å²) in [5, 5.41) is 9.97. The maximum atomic E-state index is 12.4. The van der Waals surface area contributed by atoms with E-state index in [9.17, 15) is 9.59 Å². The number of carbonyl (C=O) groups is 2. The lowest BCUT2D eigenvalue weighted by molar-refractivity contribution is -0.142. The van der Waals surface area contributed by atoms with Gasteiger partial charge in [-0.05, 0) is 30.2 Å². The number of amides is 1. The van der Waals surface area contributed by atoms with Crippen LogP contribution < -0.4 is 0 Å². The second kappa shape index (κ2) is 5.18. The van der Waals surface area contributed by atoms with Gasteiger partial charge in [-0.15, -0.1) is 0 Å². The van der Waals surface area contributed by atoms with Crippen LogP contribution in [0, 0.1) is 11.8 Å². The molecule has 1 saturated heterocycles. The van der Waals surface area contributed by atoms with E-state index in [-0.39, 0.29) is 24.1 Å². The average molecular weight is 352 g/mol. The highest BCUT2D eigenvalue weighted by atomic mass is 79.9. The number of aliphatic carboxylic acids is 1. The maximum Gasteiger partial charge on any atom is 0.308 e. The Morgan fingerprint density at radius 2 is 2.10 bits per heavy atom. The Kier molecular flexibility index (Phi) is 3.49. The number of carbonyl (C=O) groups excluding carboxylic acids is 1. The van der Waals surface area contributed by atoms with Crippen molar-refractivity contribution in [1.82, 2.24) is 4.90 Å². The van der Waals surface area contributed by atoms with E-state index in [1.165, 1.54) is 0 Å². The molecule has 5 nitrogen and oxygen atoms in total. The Labute approximate surface area is 129 Å². The smallest absolute Gasteiger partial charge is 0.308 e. The van der Waals surface area contributed by atoms with Gasteiger partial charge in [0.1, 0.15) is 5.58 Å². The van der Waals surface area contributed by atoms with Crippen LogP contribution in [0.25, 0.3) is 11.0 Å². The highest BCUT2D eigenvalue weighted by Gasteiger charge is 2.38. The molecule has 1 aromatic carbocycles. The Bertz CT molecular complexity index is 724. The van der Waals surface area contributed by atoms with Crippen LogP contribution in [0.1, 0.15) is 17.5 Å². The predicted octanol–water partition coefficient (Wildman–Crippen LogP) is 2.99. The molecule has 110 valence electrons. The molecule has 2 atom stereocenters. The molecule has 2 heterocycles. The monoisotopic (exact) mass is 351 g/mol. The second-order valence-corrected chi connectivity index (χ2v) is 6.34. The number of carboxylic acid groups (broad SMARTS) is 1. The Hall–Kier alpha value is -1.82. The van der Waals surface area contributed by atoms with Crippen LogP contribution in [0.4, 0.5) is 0 Å². The number of hydrogen-bond acceptors (Lipinski definition) is 3. The maximum absolute atomic E-state index is 12.4. The zero-order chi connectivity index (χ0) is 15.1. The number of nitrogens with zero attached hydrogens (tertiary/aromatic N) is 1. The number of halogens is 1. The number of fused-ring (bicyclic) bond motifs is 1. The lowest BCUT2D eigenvalue weighted by atomic mass is 9.99. The summed E-state index contributed by atoms with van der Waals surface area (Å²) in [4.78, 5) is 25.1. The largest absolute Gasteiger partial charge is 0.481 e. The van der Waals surface area contributed by atoms with E-state index in [4.69, 9.17) is 9.52 Å². The lowest BCUT2D eigenvalue weighted by Crippen LogP contribution is -2.29. The highest BCUT2D eigenvalue weighted by Crippen LogP contribution is 2.28. The van der Waals surface area contributed by atoms with Crippen LogP contribution in [0.3, 0.4) is 0 Å². The van der Waals surface area contributed by atoms with Gasteiger partial charge in [0, 0.05) is 22.9 Å². The van der Waals surface area contributed by atoms with E-state index in [1.54, 1.807) is 17.0 Å². The van der Waals surface area contributed by atoms with Crippen molar-refractivity contribution in [2.45, 2.75) is 6.92 Å². The molecule has 0 unspecified atom stereocenters. The Morgan fingerprint density at radius 3 is 2.76 bits per heavy atom. The molecule has 2 aromatic rings. The molecule has 1 aliphatic rings. The highest BCUT2D eigenvalue weighted by molar-refractivity contribution is 9.10. The minimum atomic E-state index is -0.855. The van der Waals surface area contributed by atoms with Crippen molar-refractivity contribution in [1.29, 1.82) is 0 Å². The summed E-state index contributed by atoms with van der Waals surface area (Å²) in [5.41, 5.74) is 0.642. The van der Waals surface area contributed by atoms with Crippen molar-refractivity contribution in [3.8, 4) is 0 Å². The van der Waals surface area contributed by atoms with Gasteiger partial charge in [0.25, 0.3) is 5.91 Å². The van der Waals surface area contributed by atoms with Crippen molar-refractivity contribution in [2.24, 2.45) is 11.8 Å². The number of benzene rings is 1. The van der Waals surface area contributed by atoms with Crippen LogP contribution in [-0.4, -0.2) is 35.0 Å². The fourth-order valence-corrected chi connectivity index (χ4v) is 3.11. The quantitative estimate of drug-likeness (QED) is 0.902. The van der Waals surface area contributed by atoms with Crippen LogP contribution in [0.2, 0.25) is 0 Å². The fourth-order valence-electron chi connectivity index (χ4n) is 2.73. The van der Waals surface area contributed by atoms with E-state index in [2.05, 4.69) is 15.9 Å². The van der Waals surface area contributed by atoms with Crippen molar-refractivity contribution < 1.29 is 19.1 Å². The zero-order valence-electron chi connectivity index (χ0n) is 11.4. The molecular formula is C15H14BrNO4. The van der Waals surface area contributed by atoms with Gasteiger partial charge in [0.05, 0.1) is 5.92 Å². The predicted molar refractivity (Wildman–Crippen MR) is 80.1 cm³/mol. The van der Waals surface area contributed by atoms with Gasteiger partial charge in [-0.25, -0.2) is 0 Å². The second-order valence-electron chi connectivity index (χ2n) is 5.42. The van der Waals surface area contributed by atoms with Crippen LogP contribution in [0.5, 0.6) is 0 Å². The number of furan rings is 1. The standard InChI is InChI=1S/C15H14BrNO4/c1-8-6-17(7-11(8)15(19)20)14(18)13-5-9-4-10(16)2-3-12(9)21-13/h2-5,8,11H,6-7H2,1H3,(H,19,20)/t8-,11-/m1/s1. The van der Waals surface area contributed by atoms with Crippen molar-refractivity contribution >= 4 is 38.8 Å². The van der Waals surface area contributed by atoms with E-state index in [1.807, 2.05) is 19.1 Å². The van der Waals surface area contributed by atoms with Gasteiger partial charge in [-0.2, -0.15) is 0 Å². The molecule has 0 spiro atoms. The summed E-state index contributed by atoms with van der Waals surface area (Å²) >= 11 is 3.37. The molecule has 0 bridgehead atoms. The first-order valence-corrected chi connectivity index (χ1v) is 7.46. The third-order valence-electron chi connectivity index (χ3n) is 3.91. The van der Waals surface area contributed by atoms with E-state index >= 15 is 0 Å². The van der Waals surface area contributed by atoms with Crippen LogP contribution in [-0.2, 0) is 4.79 Å². The molecule has 1 amide bonds. The van der Waals surface area contributed by atoms with Crippen molar-refractivity contribution in [2.75, 3.05) is 13.1 Å². The van der Waals surface area contributed by atoms with Gasteiger partial charge in [-0.3, -0.25) is 9.59 Å².